The predicted molar refractivity (Wildman–Crippen MR) is 77.6 cm³/mol. The van der Waals surface area contributed by atoms with E-state index >= 15 is 0 Å². The van der Waals surface area contributed by atoms with Crippen LogP contribution in [0.1, 0.15) is 26.7 Å². The summed E-state index contributed by atoms with van der Waals surface area (Å²) in [5.41, 5.74) is 4.97. The summed E-state index contributed by atoms with van der Waals surface area (Å²) >= 11 is 0. The Morgan fingerprint density at radius 1 is 1.15 bits per heavy atom. The summed E-state index contributed by atoms with van der Waals surface area (Å²) in [4.78, 5) is 27.7. The van der Waals surface area contributed by atoms with Crippen molar-refractivity contribution in [2.45, 2.75) is 38.3 Å². The van der Waals surface area contributed by atoms with Crippen LogP contribution in [0.5, 0.6) is 0 Å². The first kappa shape index (κ1) is 17.2. The number of nitrogens with two attached hydrogens (primary N) is 1. The highest BCUT2D eigenvalue weighted by Crippen LogP contribution is 2.16. The zero-order valence-electron chi connectivity index (χ0n) is 12.1. The number of hydrogen-bond donors (Lipinski definition) is 1. The first-order chi connectivity index (χ1) is 8.89. The van der Waals surface area contributed by atoms with Crippen LogP contribution in [0.2, 0.25) is 0 Å². The molecule has 1 unspecified atom stereocenters. The van der Waals surface area contributed by atoms with E-state index in [2.05, 4.69) is 0 Å². The highest BCUT2D eigenvalue weighted by atomic mass is 35.5. The van der Waals surface area contributed by atoms with Gasteiger partial charge in [-0.05, 0) is 26.7 Å². The Balaban J connectivity index is 0.00000200. The van der Waals surface area contributed by atoms with Crippen LogP contribution < -0.4 is 5.73 Å². The lowest BCUT2D eigenvalue weighted by atomic mass is 10.0. The molecule has 2 N–H and O–H groups in total. The van der Waals surface area contributed by atoms with Crippen molar-refractivity contribution in [3.05, 3.63) is 0 Å². The van der Waals surface area contributed by atoms with E-state index in [4.69, 9.17) is 10.5 Å². The minimum atomic E-state index is -0.846. The zero-order valence-corrected chi connectivity index (χ0v) is 12.9. The van der Waals surface area contributed by atoms with Crippen LogP contribution in [0.3, 0.4) is 0 Å². The summed E-state index contributed by atoms with van der Waals surface area (Å²) in [7, 11) is 0. The van der Waals surface area contributed by atoms with E-state index in [9.17, 15) is 9.59 Å². The van der Waals surface area contributed by atoms with Gasteiger partial charge in [0, 0.05) is 32.8 Å². The Hall–Kier alpha value is -0.850. The van der Waals surface area contributed by atoms with Crippen LogP contribution in [0.25, 0.3) is 0 Å². The standard InChI is InChI=1S/C13H23N3O3.ClH/c1-13(2,14)12(18)16-7-5-15(6-8-16)11(17)10-4-3-9-19-10;/h10H,3-9,14H2,1-2H3;1H. The van der Waals surface area contributed by atoms with Gasteiger partial charge in [-0.3, -0.25) is 9.59 Å². The average Bonchev–Trinajstić information content (AvgIpc) is 2.90. The van der Waals surface area contributed by atoms with Gasteiger partial charge in [0.1, 0.15) is 6.10 Å². The molecule has 20 heavy (non-hydrogen) atoms. The predicted octanol–water partition coefficient (Wildman–Crippen LogP) is -0.00470. The zero-order chi connectivity index (χ0) is 14.0. The van der Waals surface area contributed by atoms with Crippen molar-refractivity contribution in [2.75, 3.05) is 32.8 Å². The first-order valence-corrected chi connectivity index (χ1v) is 6.88. The molecule has 0 saturated carbocycles. The van der Waals surface area contributed by atoms with Gasteiger partial charge in [-0.15, -0.1) is 12.4 Å². The summed E-state index contributed by atoms with van der Waals surface area (Å²) in [6.07, 6.45) is 1.50. The van der Waals surface area contributed by atoms with Crippen LogP contribution in [0, 0.1) is 0 Å². The minimum absolute atomic E-state index is 0. The van der Waals surface area contributed by atoms with Gasteiger partial charge in [0.25, 0.3) is 5.91 Å². The van der Waals surface area contributed by atoms with Crippen molar-refractivity contribution in [2.24, 2.45) is 5.73 Å². The second-order valence-electron chi connectivity index (χ2n) is 5.84. The summed E-state index contributed by atoms with van der Waals surface area (Å²) in [6.45, 7) is 6.34. The molecule has 2 saturated heterocycles. The number of ether oxygens (including phenoxy) is 1. The smallest absolute Gasteiger partial charge is 0.251 e. The molecular formula is C13H24ClN3O3. The lowest BCUT2D eigenvalue weighted by Gasteiger charge is -2.38. The van der Waals surface area contributed by atoms with Crippen molar-refractivity contribution < 1.29 is 14.3 Å². The van der Waals surface area contributed by atoms with Crippen LogP contribution >= 0.6 is 12.4 Å². The number of carbonyl (C=O) groups is 2. The molecule has 6 nitrogen and oxygen atoms in total. The van der Waals surface area contributed by atoms with Crippen molar-refractivity contribution in [3.8, 4) is 0 Å². The van der Waals surface area contributed by atoms with Crippen molar-refractivity contribution >= 4 is 24.2 Å². The van der Waals surface area contributed by atoms with Crippen molar-refractivity contribution in [1.29, 1.82) is 0 Å². The maximum atomic E-state index is 12.1. The maximum absolute atomic E-state index is 12.1. The number of piperazine rings is 1. The SMILES string of the molecule is CC(C)(N)C(=O)N1CCN(C(=O)C2CCCO2)CC1.Cl. The highest BCUT2D eigenvalue weighted by molar-refractivity contribution is 5.86. The first-order valence-electron chi connectivity index (χ1n) is 6.88. The van der Waals surface area contributed by atoms with E-state index in [1.54, 1.807) is 23.6 Å². The Labute approximate surface area is 126 Å². The van der Waals surface area contributed by atoms with Crippen LogP contribution in [0.15, 0.2) is 0 Å². The molecule has 2 aliphatic heterocycles. The largest absolute Gasteiger partial charge is 0.368 e. The molecule has 2 heterocycles. The molecule has 0 bridgehead atoms. The quantitative estimate of drug-likeness (QED) is 0.779. The normalized spacial score (nSPS) is 23.4. The average molecular weight is 306 g/mol. The monoisotopic (exact) mass is 305 g/mol. The molecule has 0 aromatic rings. The van der Waals surface area contributed by atoms with Crippen LogP contribution in [-0.4, -0.2) is 66.0 Å². The molecular weight excluding hydrogens is 282 g/mol. The van der Waals surface area contributed by atoms with E-state index in [0.717, 1.165) is 12.8 Å². The molecule has 0 aromatic heterocycles. The molecule has 2 fully saturated rings. The molecule has 116 valence electrons. The second kappa shape index (κ2) is 6.74. The Kier molecular flexibility index (Phi) is 5.79. The third kappa shape index (κ3) is 3.84. The fraction of sp³-hybridized carbons (Fsp3) is 0.846. The number of amides is 2. The molecule has 7 heteroatoms. The molecule has 0 radical (unpaired) electrons. The van der Waals surface area contributed by atoms with E-state index in [0.29, 0.717) is 32.8 Å². The van der Waals surface area contributed by atoms with Gasteiger partial charge in [-0.1, -0.05) is 0 Å². The number of hydrogen-bond acceptors (Lipinski definition) is 4. The molecule has 0 spiro atoms. The van der Waals surface area contributed by atoms with E-state index in [1.165, 1.54) is 0 Å². The molecule has 1 atom stereocenters. The molecule has 0 aliphatic carbocycles. The van der Waals surface area contributed by atoms with Gasteiger partial charge in [-0.2, -0.15) is 0 Å². The van der Waals surface area contributed by atoms with Crippen molar-refractivity contribution in [3.63, 3.8) is 0 Å². The van der Waals surface area contributed by atoms with Crippen molar-refractivity contribution in [1.82, 2.24) is 9.80 Å². The lowest BCUT2D eigenvalue weighted by Crippen LogP contribution is -2.58. The molecule has 2 aliphatic rings. The van der Waals surface area contributed by atoms with Gasteiger partial charge < -0.3 is 20.3 Å². The van der Waals surface area contributed by atoms with Gasteiger partial charge in [0.2, 0.25) is 5.91 Å². The minimum Gasteiger partial charge on any atom is -0.368 e. The van der Waals surface area contributed by atoms with Gasteiger partial charge in [-0.25, -0.2) is 0 Å². The molecule has 0 aromatic carbocycles. The summed E-state index contributed by atoms with van der Waals surface area (Å²) < 4.78 is 5.40. The highest BCUT2D eigenvalue weighted by Gasteiger charge is 2.34. The Morgan fingerprint density at radius 2 is 1.70 bits per heavy atom. The summed E-state index contributed by atoms with van der Waals surface area (Å²) in [6, 6.07) is 0. The molecule has 2 amide bonds. The summed E-state index contributed by atoms with van der Waals surface area (Å²) in [5.74, 6) is 0.00771. The van der Waals surface area contributed by atoms with E-state index in [-0.39, 0.29) is 30.3 Å². The Bertz CT molecular complexity index is 356. The second-order valence-corrected chi connectivity index (χ2v) is 5.84. The van der Waals surface area contributed by atoms with Crippen LogP contribution in [-0.2, 0) is 14.3 Å². The fourth-order valence-corrected chi connectivity index (χ4v) is 2.51. The van der Waals surface area contributed by atoms with E-state index < -0.39 is 5.54 Å². The van der Waals surface area contributed by atoms with E-state index in [1.807, 2.05) is 0 Å². The Morgan fingerprint density at radius 3 is 2.15 bits per heavy atom. The topological polar surface area (TPSA) is 75.9 Å². The number of nitrogens with zero attached hydrogens (tertiary/aromatic N) is 2. The fourth-order valence-electron chi connectivity index (χ4n) is 2.51. The number of halogens is 1. The maximum Gasteiger partial charge on any atom is 0.251 e. The summed E-state index contributed by atoms with van der Waals surface area (Å²) in [5, 5.41) is 0. The third-order valence-corrected chi connectivity index (χ3v) is 3.63. The third-order valence-electron chi connectivity index (χ3n) is 3.63. The lowest BCUT2D eigenvalue weighted by molar-refractivity contribution is -0.147. The van der Waals surface area contributed by atoms with Gasteiger partial charge in [0.15, 0.2) is 0 Å². The van der Waals surface area contributed by atoms with Gasteiger partial charge >= 0.3 is 0 Å². The molecule has 2 rings (SSSR count). The number of carbonyl (C=O) groups excluding carboxylic acids is 2. The van der Waals surface area contributed by atoms with Gasteiger partial charge in [0.05, 0.1) is 5.54 Å². The van der Waals surface area contributed by atoms with Crippen LogP contribution in [0.4, 0.5) is 0 Å². The number of rotatable bonds is 2.